The zero-order valence-electron chi connectivity index (χ0n) is 31.2. The van der Waals surface area contributed by atoms with E-state index in [0.29, 0.717) is 76.1 Å². The standard InChI is InChI=1S/C38H39ClF3N9O6/c1-21-30(53)29(44-20-43-21)33(55)48-14-10-37(11-15-48)9-3-4-26-28(37)32(54)51-35(50(26)17-27(52)45-25-6-5-23(16-24(25)39)38(40,41)42)46-31(47-51)22-7-12-49(13-8-22)34(56)36(2)18-57-19-36/h5-7,16,20,53H,3-4,8-15,17-19H2,1-2H3,(H,45,52). The fourth-order valence-corrected chi connectivity index (χ4v) is 8.65. The summed E-state index contributed by atoms with van der Waals surface area (Å²) in [4.78, 5) is 71.1. The van der Waals surface area contributed by atoms with Crippen LogP contribution in [-0.2, 0) is 38.9 Å². The quantitative estimate of drug-likeness (QED) is 0.288. The van der Waals surface area contributed by atoms with Gasteiger partial charge in [0.1, 0.15) is 12.9 Å². The van der Waals surface area contributed by atoms with E-state index in [0.717, 1.165) is 23.8 Å². The molecule has 3 aromatic heterocycles. The number of nitrogens with one attached hydrogen (secondary N) is 1. The molecule has 0 bridgehead atoms. The third-order valence-electron chi connectivity index (χ3n) is 11.7. The van der Waals surface area contributed by atoms with Crippen LogP contribution in [0.4, 0.5) is 18.9 Å². The Hall–Kier alpha value is -5.36. The lowest BCUT2D eigenvalue weighted by Gasteiger charge is -2.45. The molecule has 2 fully saturated rings. The van der Waals surface area contributed by atoms with Crippen LogP contribution in [0, 0.1) is 12.3 Å². The molecule has 2 saturated heterocycles. The number of halogens is 4. The molecule has 19 heteroatoms. The van der Waals surface area contributed by atoms with Gasteiger partial charge in [0.25, 0.3) is 11.5 Å². The minimum Gasteiger partial charge on any atom is -0.504 e. The van der Waals surface area contributed by atoms with Gasteiger partial charge in [-0.15, -0.1) is 5.10 Å². The van der Waals surface area contributed by atoms with E-state index in [1.54, 1.807) is 21.3 Å². The monoisotopic (exact) mass is 809 g/mol. The average molecular weight is 810 g/mol. The molecule has 1 spiro atoms. The van der Waals surface area contributed by atoms with E-state index in [1.807, 2.05) is 13.0 Å². The average Bonchev–Trinajstić information content (AvgIpc) is 3.63. The number of aromatic nitrogens is 6. The Morgan fingerprint density at radius 1 is 1.05 bits per heavy atom. The van der Waals surface area contributed by atoms with E-state index in [9.17, 15) is 37.5 Å². The van der Waals surface area contributed by atoms with Crippen LogP contribution in [0.5, 0.6) is 5.75 Å². The number of alkyl halides is 3. The molecule has 0 saturated carbocycles. The molecule has 0 unspecified atom stereocenters. The molecule has 2 N–H and O–H groups in total. The van der Waals surface area contributed by atoms with Crippen LogP contribution in [-0.4, -0.2) is 101 Å². The van der Waals surface area contributed by atoms with Crippen molar-refractivity contribution in [2.45, 2.75) is 70.5 Å². The Morgan fingerprint density at radius 2 is 1.81 bits per heavy atom. The van der Waals surface area contributed by atoms with Crippen molar-refractivity contribution in [1.29, 1.82) is 0 Å². The molecular formula is C38H39ClF3N9O6. The van der Waals surface area contributed by atoms with Gasteiger partial charge >= 0.3 is 6.18 Å². The summed E-state index contributed by atoms with van der Waals surface area (Å²) < 4.78 is 48.1. The third-order valence-corrected chi connectivity index (χ3v) is 12.0. The number of hydrogen-bond donors (Lipinski definition) is 2. The molecule has 0 atom stereocenters. The zero-order valence-corrected chi connectivity index (χ0v) is 31.9. The second-order valence-electron chi connectivity index (χ2n) is 15.5. The molecule has 15 nitrogen and oxygen atoms in total. The molecule has 300 valence electrons. The van der Waals surface area contributed by atoms with Crippen molar-refractivity contribution >= 4 is 46.4 Å². The van der Waals surface area contributed by atoms with Crippen LogP contribution in [0.25, 0.3) is 11.4 Å². The van der Waals surface area contributed by atoms with Crippen LogP contribution in [0.3, 0.4) is 0 Å². The second-order valence-corrected chi connectivity index (χ2v) is 15.9. The lowest BCUT2D eigenvalue weighted by atomic mass is 9.66. The molecule has 4 aromatic rings. The maximum absolute atomic E-state index is 14.7. The SMILES string of the molecule is Cc1ncnc(C(=O)N2CCC3(CCCc4c3c(=O)n3nc(C5=CCN(C(=O)C6(C)COC6)CC5)nc3n4CC(=O)Nc3ccc(C(F)(F)F)cc3Cl)CC2)c1O. The summed E-state index contributed by atoms with van der Waals surface area (Å²) in [5.74, 6) is -0.973. The van der Waals surface area contributed by atoms with Crippen molar-refractivity contribution in [1.82, 2.24) is 38.9 Å². The number of rotatable bonds is 6. The van der Waals surface area contributed by atoms with Crippen LogP contribution < -0.4 is 10.9 Å². The van der Waals surface area contributed by atoms with Crippen molar-refractivity contribution < 1.29 is 37.4 Å². The highest BCUT2D eigenvalue weighted by Gasteiger charge is 2.46. The number of anilines is 1. The Balaban J connectivity index is 1.14. The van der Waals surface area contributed by atoms with Crippen LogP contribution >= 0.6 is 11.6 Å². The normalized spacial score (nSPS) is 18.9. The number of piperidine rings is 1. The molecule has 3 aliphatic heterocycles. The first kappa shape index (κ1) is 38.5. The Bertz CT molecular complexity index is 2420. The van der Waals surface area contributed by atoms with E-state index in [-0.39, 0.29) is 65.0 Å². The van der Waals surface area contributed by atoms with Gasteiger partial charge in [0.05, 0.1) is 40.6 Å². The highest BCUT2D eigenvalue weighted by Crippen LogP contribution is 2.44. The first-order chi connectivity index (χ1) is 27.1. The molecule has 57 heavy (non-hydrogen) atoms. The number of fused-ring (bicyclic) bond motifs is 3. The fraction of sp³-hybridized carbons (Fsp3) is 0.474. The van der Waals surface area contributed by atoms with E-state index < -0.39 is 39.9 Å². The topological polar surface area (TPSA) is 177 Å². The zero-order chi connectivity index (χ0) is 40.4. The smallest absolute Gasteiger partial charge is 0.416 e. The summed E-state index contributed by atoms with van der Waals surface area (Å²) in [7, 11) is 0. The van der Waals surface area contributed by atoms with Gasteiger partial charge in [0.2, 0.25) is 17.6 Å². The van der Waals surface area contributed by atoms with E-state index in [1.165, 1.54) is 10.8 Å². The van der Waals surface area contributed by atoms with Gasteiger partial charge in [-0.05, 0) is 76.1 Å². The van der Waals surface area contributed by atoms with Crippen LogP contribution in [0.1, 0.15) is 77.9 Å². The van der Waals surface area contributed by atoms with Gasteiger partial charge < -0.3 is 29.5 Å². The van der Waals surface area contributed by atoms with Crippen molar-refractivity contribution in [2.75, 3.05) is 44.7 Å². The summed E-state index contributed by atoms with van der Waals surface area (Å²) in [5, 5.41) is 17.5. The molecule has 4 aliphatic rings. The Kier molecular flexibility index (Phi) is 9.61. The largest absolute Gasteiger partial charge is 0.504 e. The molecule has 3 amide bonds. The summed E-state index contributed by atoms with van der Waals surface area (Å²) >= 11 is 6.18. The van der Waals surface area contributed by atoms with Gasteiger partial charge in [0, 0.05) is 42.9 Å². The first-order valence-corrected chi connectivity index (χ1v) is 19.0. The summed E-state index contributed by atoms with van der Waals surface area (Å²) in [6.45, 7) is 5.08. The Morgan fingerprint density at radius 3 is 2.46 bits per heavy atom. The maximum atomic E-state index is 14.7. The first-order valence-electron chi connectivity index (χ1n) is 18.6. The van der Waals surface area contributed by atoms with Gasteiger partial charge in [-0.25, -0.2) is 9.97 Å². The lowest BCUT2D eigenvalue weighted by Crippen LogP contribution is -2.54. The van der Waals surface area contributed by atoms with Crippen molar-refractivity contribution in [3.05, 3.63) is 80.0 Å². The van der Waals surface area contributed by atoms with E-state index in [4.69, 9.17) is 21.3 Å². The minimum absolute atomic E-state index is 0.000495. The highest BCUT2D eigenvalue weighted by molar-refractivity contribution is 6.33. The van der Waals surface area contributed by atoms with Gasteiger partial charge in [-0.3, -0.25) is 19.2 Å². The highest BCUT2D eigenvalue weighted by atomic mass is 35.5. The molecule has 8 rings (SSSR count). The molecule has 1 aromatic carbocycles. The number of aromatic hydroxyl groups is 1. The summed E-state index contributed by atoms with van der Waals surface area (Å²) in [6.07, 6.45) is 1.42. The van der Waals surface area contributed by atoms with Crippen LogP contribution in [0.2, 0.25) is 5.02 Å². The van der Waals surface area contributed by atoms with Crippen molar-refractivity contribution in [2.24, 2.45) is 5.41 Å². The van der Waals surface area contributed by atoms with Gasteiger partial charge in [-0.2, -0.15) is 22.7 Å². The predicted octanol–water partition coefficient (Wildman–Crippen LogP) is 4.17. The van der Waals surface area contributed by atoms with Crippen molar-refractivity contribution in [3.63, 3.8) is 0 Å². The number of ether oxygens (including phenoxy) is 1. The summed E-state index contributed by atoms with van der Waals surface area (Å²) in [5.41, 5.74) is -0.664. The number of aryl methyl sites for hydroxylation is 1. The predicted molar refractivity (Wildman–Crippen MR) is 199 cm³/mol. The number of hydrogen-bond acceptors (Lipinski definition) is 10. The number of carbonyl (C=O) groups is 3. The van der Waals surface area contributed by atoms with E-state index >= 15 is 0 Å². The number of benzene rings is 1. The Labute approximate surface area is 328 Å². The molecule has 0 radical (unpaired) electrons. The van der Waals surface area contributed by atoms with Crippen molar-refractivity contribution in [3.8, 4) is 5.75 Å². The van der Waals surface area contributed by atoms with Gasteiger partial charge in [0.15, 0.2) is 17.3 Å². The van der Waals surface area contributed by atoms with E-state index in [2.05, 4.69) is 20.4 Å². The fourth-order valence-electron chi connectivity index (χ4n) is 8.42. The van der Waals surface area contributed by atoms with Crippen LogP contribution in [0.15, 0.2) is 35.4 Å². The second kappa shape index (κ2) is 14.2. The molecule has 1 aliphatic carbocycles. The molecule has 6 heterocycles. The van der Waals surface area contributed by atoms with Gasteiger partial charge in [-0.1, -0.05) is 17.7 Å². The maximum Gasteiger partial charge on any atom is 0.416 e. The number of carbonyl (C=O) groups excluding carboxylic acids is 3. The lowest BCUT2D eigenvalue weighted by molar-refractivity contribution is -0.168. The third kappa shape index (κ3) is 6.81. The summed E-state index contributed by atoms with van der Waals surface area (Å²) in [6, 6.07) is 2.65. The molecular weight excluding hydrogens is 771 g/mol. The number of likely N-dealkylation sites (tertiary alicyclic amines) is 1. The number of nitrogens with zero attached hydrogens (tertiary/aromatic N) is 8. The minimum atomic E-state index is -4.63. The number of amides is 3.